The number of carbonyl (C=O) groups excluding carboxylic acids is 3. The molecule has 2 aliphatic carbocycles. The molecule has 2 saturated carbocycles. The van der Waals surface area contributed by atoms with Crippen molar-refractivity contribution >= 4 is 50.2 Å². The Balaban J connectivity index is 1.10. The molecule has 5 heterocycles. The Morgan fingerprint density at radius 2 is 1.75 bits per heavy atom. The molecule has 11 nitrogen and oxygen atoms in total. The fourth-order valence-corrected chi connectivity index (χ4v) is 8.85. The Morgan fingerprint density at radius 3 is 2.44 bits per heavy atom. The molecule has 1 spiro atoms. The van der Waals surface area contributed by atoms with Gasteiger partial charge in [-0.15, -0.1) is 0 Å². The number of hydrogen-bond donors (Lipinski definition) is 1. The molecule has 2 amide bonds. The van der Waals surface area contributed by atoms with Gasteiger partial charge in [0.05, 0.1) is 5.52 Å². The van der Waals surface area contributed by atoms with E-state index in [0.29, 0.717) is 39.2 Å². The number of nitrogens with one attached hydrogen (secondary N) is 1. The van der Waals surface area contributed by atoms with Crippen LogP contribution >= 0.6 is 15.9 Å². The van der Waals surface area contributed by atoms with Crippen LogP contribution in [0.25, 0.3) is 22.0 Å². The highest BCUT2D eigenvalue weighted by atomic mass is 79.9. The summed E-state index contributed by atoms with van der Waals surface area (Å²) in [6.45, 7) is 10.3. The lowest BCUT2D eigenvalue weighted by atomic mass is 9.63. The summed E-state index contributed by atoms with van der Waals surface area (Å²) < 4.78 is 2.27. The van der Waals surface area contributed by atoms with E-state index in [9.17, 15) is 14.4 Å². The molecule has 0 unspecified atom stereocenters. The van der Waals surface area contributed by atoms with Crippen LogP contribution in [0.3, 0.4) is 0 Å². The summed E-state index contributed by atoms with van der Waals surface area (Å²) in [7, 11) is 0. The average molecular weight is 712 g/mol. The third-order valence-corrected chi connectivity index (χ3v) is 11.6. The number of carbonyl (C=O) groups is 3. The SMILES string of the molecule is CC(=O)c1nn(CC(=O)N2[C@H](C(=O)Nc3nc(Br)ccc3C)C[C@@]3(CN4CC5(CCC5)C4)C[C@@H]23)c2c(C)cc(-c3cnc(C)nc3)cc12. The molecule has 1 N–H and O–H groups in total. The van der Waals surface area contributed by atoms with Crippen molar-refractivity contribution in [3.8, 4) is 11.1 Å². The van der Waals surface area contributed by atoms with Gasteiger partial charge in [-0.1, -0.05) is 12.5 Å². The number of amides is 2. The van der Waals surface area contributed by atoms with E-state index in [4.69, 9.17) is 5.10 Å². The van der Waals surface area contributed by atoms with Gasteiger partial charge in [-0.05, 0) is 103 Å². The highest BCUT2D eigenvalue weighted by Crippen LogP contribution is 2.61. The number of fused-ring (bicyclic) bond motifs is 2. The lowest BCUT2D eigenvalue weighted by molar-refractivity contribution is -0.138. The zero-order valence-electron chi connectivity index (χ0n) is 27.7. The second-order valence-corrected chi connectivity index (χ2v) is 15.5. The second kappa shape index (κ2) is 11.3. The van der Waals surface area contributed by atoms with Crippen molar-refractivity contribution in [2.24, 2.45) is 10.8 Å². The maximum absolute atomic E-state index is 14.4. The fraction of sp³-hybridized carbons (Fsp3) is 0.472. The largest absolute Gasteiger partial charge is 0.325 e. The van der Waals surface area contributed by atoms with Gasteiger partial charge in [-0.2, -0.15) is 5.10 Å². The number of aryl methyl sites for hydroxylation is 3. The number of piperidine rings is 1. The summed E-state index contributed by atoms with van der Waals surface area (Å²) in [6, 6.07) is 7.03. The number of anilines is 1. The third kappa shape index (κ3) is 5.24. The van der Waals surface area contributed by atoms with E-state index < -0.39 is 6.04 Å². The number of aromatic nitrogens is 5. The summed E-state index contributed by atoms with van der Waals surface area (Å²) in [5.41, 5.74) is 4.89. The molecule has 248 valence electrons. The number of benzene rings is 1. The van der Waals surface area contributed by atoms with Crippen molar-refractivity contribution in [1.29, 1.82) is 0 Å². The van der Waals surface area contributed by atoms with Gasteiger partial charge < -0.3 is 15.1 Å². The smallest absolute Gasteiger partial charge is 0.248 e. The number of pyridine rings is 1. The molecule has 4 aromatic rings. The molecule has 2 saturated heterocycles. The minimum atomic E-state index is -0.626. The highest BCUT2D eigenvalue weighted by Gasteiger charge is 2.68. The summed E-state index contributed by atoms with van der Waals surface area (Å²) in [6.07, 6.45) is 8.99. The van der Waals surface area contributed by atoms with Crippen molar-refractivity contribution in [2.75, 3.05) is 25.0 Å². The Morgan fingerprint density at radius 1 is 1.00 bits per heavy atom. The number of hydrogen-bond acceptors (Lipinski definition) is 8. The Hall–Kier alpha value is -4.03. The lowest BCUT2D eigenvalue weighted by Crippen LogP contribution is -2.60. The molecule has 0 radical (unpaired) electrons. The standard InChI is InChI=1S/C36H39BrN8O3/c1-20-6-7-29(37)40-33(20)41-34(48)27-12-36(19-43-17-35(18-43)8-5-9-35)13-28(36)45(27)30(47)16-44-32-21(2)10-24(25-14-38-23(4)39-15-25)11-26(32)31(42-44)22(3)46/h6-7,10-11,14-15,27-28H,5,8-9,12-13,16-19H2,1-4H3,(H,40,41,48)/t27-,28+,36-/m0/s1. The first-order chi connectivity index (χ1) is 22.9. The molecule has 1 aromatic carbocycles. The van der Waals surface area contributed by atoms with Crippen molar-refractivity contribution in [3.63, 3.8) is 0 Å². The number of rotatable bonds is 8. The molecular weight excluding hydrogens is 672 g/mol. The van der Waals surface area contributed by atoms with E-state index in [1.54, 1.807) is 17.1 Å². The lowest BCUT2D eigenvalue weighted by Gasteiger charge is -2.56. The van der Waals surface area contributed by atoms with Gasteiger partial charge in [0.1, 0.15) is 34.5 Å². The van der Waals surface area contributed by atoms with Gasteiger partial charge in [0.25, 0.3) is 0 Å². The molecule has 3 aromatic heterocycles. The normalized spacial score (nSPS) is 23.9. The van der Waals surface area contributed by atoms with Crippen molar-refractivity contribution in [3.05, 3.63) is 63.9 Å². The maximum atomic E-state index is 14.4. The molecular formula is C36H39BrN8O3. The van der Waals surface area contributed by atoms with Crippen LogP contribution in [-0.4, -0.2) is 83.8 Å². The molecule has 48 heavy (non-hydrogen) atoms. The van der Waals surface area contributed by atoms with Crippen LogP contribution < -0.4 is 5.32 Å². The molecule has 2 aliphatic heterocycles. The van der Waals surface area contributed by atoms with E-state index in [1.807, 2.05) is 49.9 Å². The Kier molecular flexibility index (Phi) is 7.33. The van der Waals surface area contributed by atoms with Gasteiger partial charge >= 0.3 is 0 Å². The second-order valence-electron chi connectivity index (χ2n) is 14.7. The molecule has 4 aliphatic rings. The van der Waals surface area contributed by atoms with E-state index in [1.165, 1.54) is 26.2 Å². The van der Waals surface area contributed by atoms with Gasteiger partial charge in [-0.3, -0.25) is 19.1 Å². The van der Waals surface area contributed by atoms with Crippen molar-refractivity contribution in [1.82, 2.24) is 34.5 Å². The maximum Gasteiger partial charge on any atom is 0.248 e. The van der Waals surface area contributed by atoms with Crippen molar-refractivity contribution < 1.29 is 14.4 Å². The number of Topliss-reactive ketones (excluding diaryl/α,β-unsaturated/α-hetero) is 1. The molecule has 3 atom stereocenters. The molecule has 4 fully saturated rings. The molecule has 12 heteroatoms. The van der Waals surface area contributed by atoms with E-state index in [-0.39, 0.29) is 35.6 Å². The summed E-state index contributed by atoms with van der Waals surface area (Å²) in [5.74, 6) is 0.584. The van der Waals surface area contributed by atoms with Crippen LogP contribution in [0.1, 0.15) is 66.5 Å². The van der Waals surface area contributed by atoms with E-state index in [0.717, 1.165) is 53.8 Å². The first-order valence-corrected chi connectivity index (χ1v) is 17.5. The predicted molar refractivity (Wildman–Crippen MR) is 184 cm³/mol. The zero-order valence-corrected chi connectivity index (χ0v) is 29.3. The van der Waals surface area contributed by atoms with Crippen LogP contribution in [0.15, 0.2) is 41.3 Å². The van der Waals surface area contributed by atoms with Gasteiger partial charge in [0, 0.05) is 61.4 Å². The summed E-state index contributed by atoms with van der Waals surface area (Å²) >= 11 is 3.41. The zero-order chi connectivity index (χ0) is 33.5. The molecule has 8 rings (SSSR count). The van der Waals surface area contributed by atoms with Gasteiger partial charge in [0.2, 0.25) is 11.8 Å². The number of ketones is 1. The number of halogens is 1. The number of likely N-dealkylation sites (tertiary alicyclic amines) is 2. The predicted octanol–water partition coefficient (Wildman–Crippen LogP) is 5.26. The topological polar surface area (TPSA) is 126 Å². The molecule has 0 bridgehead atoms. The first kappa shape index (κ1) is 31.3. The van der Waals surface area contributed by atoms with Crippen LogP contribution in [0.4, 0.5) is 5.82 Å². The summed E-state index contributed by atoms with van der Waals surface area (Å²) in [5, 5.41) is 8.40. The Bertz CT molecular complexity index is 2000. The van der Waals surface area contributed by atoms with Crippen LogP contribution in [0.5, 0.6) is 0 Å². The minimum absolute atomic E-state index is 0.0152. The van der Waals surface area contributed by atoms with Gasteiger partial charge in [0.15, 0.2) is 5.78 Å². The number of nitrogens with zero attached hydrogens (tertiary/aromatic N) is 7. The van der Waals surface area contributed by atoms with Crippen LogP contribution in [0.2, 0.25) is 0 Å². The summed E-state index contributed by atoms with van der Waals surface area (Å²) in [4.78, 5) is 58.7. The first-order valence-electron chi connectivity index (χ1n) is 16.7. The van der Waals surface area contributed by atoms with Gasteiger partial charge in [-0.25, -0.2) is 15.0 Å². The Labute approximate surface area is 287 Å². The van der Waals surface area contributed by atoms with Crippen molar-refractivity contribution in [2.45, 2.75) is 78.4 Å². The highest BCUT2D eigenvalue weighted by molar-refractivity contribution is 9.10. The average Bonchev–Trinajstić information content (AvgIpc) is 3.40. The van der Waals surface area contributed by atoms with E-state index >= 15 is 0 Å². The van der Waals surface area contributed by atoms with Crippen LogP contribution in [-0.2, 0) is 16.1 Å². The van der Waals surface area contributed by atoms with E-state index in [2.05, 4.69) is 41.1 Å². The third-order valence-electron chi connectivity index (χ3n) is 11.2. The quantitative estimate of drug-likeness (QED) is 0.194. The monoisotopic (exact) mass is 710 g/mol. The fourth-order valence-electron chi connectivity index (χ4n) is 8.54. The minimum Gasteiger partial charge on any atom is -0.325 e. The van der Waals surface area contributed by atoms with Crippen LogP contribution in [0, 0.1) is 31.6 Å².